The molecule has 1 aromatic heterocycles. The molecule has 0 atom stereocenters. The fraction of sp³-hybridized carbons (Fsp3) is 0.375. The van der Waals surface area contributed by atoms with E-state index in [0.717, 1.165) is 27.6 Å². The number of phenols is 1. The predicted molar refractivity (Wildman–Crippen MR) is 125 cm³/mol. The second-order valence-electron chi connectivity index (χ2n) is 9.44. The van der Waals surface area contributed by atoms with Crippen molar-refractivity contribution in [3.63, 3.8) is 0 Å². The van der Waals surface area contributed by atoms with Crippen LogP contribution in [-0.2, 0) is 16.6 Å². The van der Waals surface area contributed by atoms with Gasteiger partial charge >= 0.3 is 0 Å². The highest BCUT2D eigenvalue weighted by Crippen LogP contribution is 2.39. The van der Waals surface area contributed by atoms with Gasteiger partial charge < -0.3 is 5.11 Å². The Morgan fingerprint density at radius 3 is 2.17 bits per heavy atom. The summed E-state index contributed by atoms with van der Waals surface area (Å²) >= 11 is 1.59. The quantitative estimate of drug-likeness (QED) is 0.420. The number of thioether (sulfide) groups is 1. The van der Waals surface area contributed by atoms with Crippen molar-refractivity contribution in [1.82, 2.24) is 14.9 Å². The molecule has 1 N–H and O–H groups in total. The number of aromatic nitrogens is 3. The Labute approximate surface area is 183 Å². The van der Waals surface area contributed by atoms with Gasteiger partial charge in [-0.1, -0.05) is 83.6 Å². The lowest BCUT2D eigenvalue weighted by molar-refractivity contribution is 0.423. The van der Waals surface area contributed by atoms with Gasteiger partial charge in [0.1, 0.15) is 12.1 Å². The first-order chi connectivity index (χ1) is 14.1. The Hall–Kier alpha value is -2.60. The number of rotatable bonds is 5. The zero-order chi connectivity index (χ0) is 21.9. The van der Waals surface area contributed by atoms with Crippen molar-refractivity contribution in [3.05, 3.63) is 71.0 Å². The van der Waals surface area contributed by atoms with Crippen LogP contribution in [0.15, 0.2) is 59.0 Å². The van der Waals surface area contributed by atoms with Gasteiger partial charge in [-0.05, 0) is 34.1 Å². The lowest BCUT2D eigenvalue weighted by atomic mass is 9.78. The number of hydrogen-bond donors (Lipinski definition) is 1. The molecule has 1 heterocycles. The summed E-state index contributed by atoms with van der Waals surface area (Å²) in [7, 11) is 0. The number of nitrogens with zero attached hydrogens (tertiary/aromatic N) is 4. The maximum absolute atomic E-state index is 10.9. The van der Waals surface area contributed by atoms with Gasteiger partial charge in [0.05, 0.1) is 6.21 Å². The van der Waals surface area contributed by atoms with E-state index in [-0.39, 0.29) is 10.8 Å². The van der Waals surface area contributed by atoms with Gasteiger partial charge in [0, 0.05) is 16.9 Å². The number of aromatic hydroxyl groups is 1. The number of phenolic OH excluding ortho intramolecular Hbond substituents is 1. The van der Waals surface area contributed by atoms with Crippen LogP contribution in [0, 0.1) is 0 Å². The highest BCUT2D eigenvalue weighted by molar-refractivity contribution is 7.98. The molecule has 0 radical (unpaired) electrons. The zero-order valence-corrected chi connectivity index (χ0v) is 19.4. The van der Waals surface area contributed by atoms with Gasteiger partial charge in [-0.15, -0.1) is 10.2 Å². The molecule has 0 spiro atoms. The summed E-state index contributed by atoms with van der Waals surface area (Å²) in [5.41, 5.74) is 3.64. The molecule has 0 aliphatic heterocycles. The third-order valence-electron chi connectivity index (χ3n) is 4.79. The van der Waals surface area contributed by atoms with Crippen LogP contribution in [0.3, 0.4) is 0 Å². The second kappa shape index (κ2) is 8.64. The molecule has 3 rings (SSSR count). The minimum absolute atomic E-state index is 0.179. The molecule has 158 valence electrons. The SMILES string of the molecule is CC(C)(C)c1cc(C=Nn2cnnc2SCc2ccccc2)cc(C(C)(C)C)c1O. The third kappa shape index (κ3) is 5.30. The number of benzene rings is 2. The standard InChI is InChI=1S/C24H30N4OS/c1-23(2,3)19-12-18(13-20(21(19)29)24(4,5)6)14-26-28-16-25-27-22(28)30-15-17-10-8-7-9-11-17/h7-14,16,29H,15H2,1-6H3. The average Bonchev–Trinajstić information content (AvgIpc) is 3.12. The van der Waals surface area contributed by atoms with Gasteiger partial charge in [0.25, 0.3) is 0 Å². The van der Waals surface area contributed by atoms with Crippen LogP contribution < -0.4 is 0 Å². The molecule has 0 saturated carbocycles. The van der Waals surface area contributed by atoms with Crippen molar-refractivity contribution >= 4 is 18.0 Å². The Morgan fingerprint density at radius 1 is 1.00 bits per heavy atom. The van der Waals surface area contributed by atoms with E-state index in [1.54, 1.807) is 29.0 Å². The molecule has 0 fully saturated rings. The zero-order valence-electron chi connectivity index (χ0n) is 18.5. The van der Waals surface area contributed by atoms with Gasteiger partial charge in [0.2, 0.25) is 5.16 Å². The normalized spacial score (nSPS) is 12.6. The molecule has 30 heavy (non-hydrogen) atoms. The van der Waals surface area contributed by atoms with E-state index < -0.39 is 0 Å². The van der Waals surface area contributed by atoms with Crippen molar-refractivity contribution in [2.45, 2.75) is 63.3 Å². The van der Waals surface area contributed by atoms with Crippen molar-refractivity contribution in [2.75, 3.05) is 0 Å². The van der Waals surface area contributed by atoms with Crippen molar-refractivity contribution in [2.24, 2.45) is 5.10 Å². The lowest BCUT2D eigenvalue weighted by Gasteiger charge is -2.27. The molecular weight excluding hydrogens is 392 g/mol. The molecule has 0 bridgehead atoms. The summed E-state index contributed by atoms with van der Waals surface area (Å²) < 4.78 is 1.69. The summed E-state index contributed by atoms with van der Waals surface area (Å²) in [6.45, 7) is 12.6. The van der Waals surface area contributed by atoms with E-state index in [2.05, 4.69) is 69.0 Å². The summed E-state index contributed by atoms with van der Waals surface area (Å²) in [6, 6.07) is 14.3. The summed E-state index contributed by atoms with van der Waals surface area (Å²) in [4.78, 5) is 0. The average molecular weight is 423 g/mol. The van der Waals surface area contributed by atoms with Gasteiger partial charge in [-0.2, -0.15) is 9.78 Å². The van der Waals surface area contributed by atoms with Crippen molar-refractivity contribution in [3.8, 4) is 5.75 Å². The van der Waals surface area contributed by atoms with Crippen LogP contribution in [0.4, 0.5) is 0 Å². The Morgan fingerprint density at radius 2 is 1.60 bits per heavy atom. The fourth-order valence-electron chi connectivity index (χ4n) is 3.12. The van der Waals surface area contributed by atoms with E-state index in [4.69, 9.17) is 0 Å². The molecular formula is C24H30N4OS. The van der Waals surface area contributed by atoms with Crippen LogP contribution in [0.25, 0.3) is 0 Å². The first-order valence-corrected chi connectivity index (χ1v) is 11.0. The summed E-state index contributed by atoms with van der Waals surface area (Å²) in [5, 5.41) is 24.4. The molecule has 0 saturated heterocycles. The van der Waals surface area contributed by atoms with Crippen molar-refractivity contribution < 1.29 is 5.11 Å². The van der Waals surface area contributed by atoms with E-state index in [0.29, 0.717) is 5.75 Å². The Kier molecular flexibility index (Phi) is 6.36. The van der Waals surface area contributed by atoms with Crippen molar-refractivity contribution in [1.29, 1.82) is 0 Å². The van der Waals surface area contributed by atoms with E-state index >= 15 is 0 Å². The largest absolute Gasteiger partial charge is 0.507 e. The van der Waals surface area contributed by atoms with Gasteiger partial charge in [0.15, 0.2) is 0 Å². The smallest absolute Gasteiger partial charge is 0.212 e. The van der Waals surface area contributed by atoms with E-state index in [1.165, 1.54) is 5.56 Å². The number of hydrogen-bond acceptors (Lipinski definition) is 5. The molecule has 0 aliphatic carbocycles. The Bertz CT molecular complexity index is 992. The van der Waals surface area contributed by atoms with Crippen LogP contribution in [0.5, 0.6) is 5.75 Å². The molecule has 0 amide bonds. The maximum atomic E-state index is 10.9. The molecule has 6 heteroatoms. The maximum Gasteiger partial charge on any atom is 0.212 e. The van der Waals surface area contributed by atoms with Crippen LogP contribution in [-0.4, -0.2) is 26.2 Å². The first kappa shape index (κ1) is 22.1. The van der Waals surface area contributed by atoms with Crippen LogP contribution in [0.2, 0.25) is 0 Å². The minimum Gasteiger partial charge on any atom is -0.507 e. The minimum atomic E-state index is -0.179. The first-order valence-electron chi connectivity index (χ1n) is 10.0. The third-order valence-corrected chi connectivity index (χ3v) is 5.80. The van der Waals surface area contributed by atoms with Crippen LogP contribution in [0.1, 0.15) is 63.8 Å². The summed E-state index contributed by atoms with van der Waals surface area (Å²) in [6.07, 6.45) is 3.42. The monoisotopic (exact) mass is 422 g/mol. The molecule has 0 aliphatic rings. The molecule has 0 unspecified atom stereocenters. The highest BCUT2D eigenvalue weighted by atomic mass is 32.2. The predicted octanol–water partition coefficient (Wildman–Crippen LogP) is 5.75. The molecule has 3 aromatic rings. The van der Waals surface area contributed by atoms with Crippen LogP contribution >= 0.6 is 11.8 Å². The molecule has 5 nitrogen and oxygen atoms in total. The molecule has 2 aromatic carbocycles. The summed E-state index contributed by atoms with van der Waals surface area (Å²) in [5.74, 6) is 1.17. The van der Waals surface area contributed by atoms with E-state index in [1.807, 2.05) is 30.3 Å². The highest BCUT2D eigenvalue weighted by Gasteiger charge is 2.26. The lowest BCUT2D eigenvalue weighted by Crippen LogP contribution is -2.17. The topological polar surface area (TPSA) is 63.3 Å². The van der Waals surface area contributed by atoms with Gasteiger partial charge in [-0.3, -0.25) is 0 Å². The van der Waals surface area contributed by atoms with E-state index in [9.17, 15) is 5.11 Å². The second-order valence-corrected chi connectivity index (χ2v) is 10.4. The van der Waals surface area contributed by atoms with Gasteiger partial charge in [-0.25, -0.2) is 0 Å². The fourth-order valence-corrected chi connectivity index (χ4v) is 3.94. The Balaban J connectivity index is 1.89.